The van der Waals surface area contributed by atoms with E-state index in [0.29, 0.717) is 0 Å². The summed E-state index contributed by atoms with van der Waals surface area (Å²) in [7, 11) is -2.84. The zero-order valence-electron chi connectivity index (χ0n) is 10.4. The van der Waals surface area contributed by atoms with Crippen molar-refractivity contribution in [1.82, 2.24) is 4.90 Å². The third-order valence-corrected chi connectivity index (χ3v) is 3.54. The van der Waals surface area contributed by atoms with Gasteiger partial charge in [-0.3, -0.25) is 4.21 Å². The Labute approximate surface area is 106 Å². The molecule has 1 amide bonds. The number of rotatable bonds is 2. The number of ether oxygens (including phenoxy) is 1. The Kier molecular flexibility index (Phi) is 4.30. The molecule has 1 atom stereocenters. The third-order valence-electron chi connectivity index (χ3n) is 2.25. The Morgan fingerprint density at radius 3 is 2.22 bits per heavy atom. The van der Waals surface area contributed by atoms with Gasteiger partial charge in [0.15, 0.2) is 0 Å². The summed E-state index contributed by atoms with van der Waals surface area (Å²) in [6.45, 7) is 5.45. The van der Waals surface area contributed by atoms with Gasteiger partial charge in [0.1, 0.15) is 16.4 Å². The summed E-state index contributed by atoms with van der Waals surface area (Å²) in [5, 5.41) is 0. The van der Waals surface area contributed by atoms with Gasteiger partial charge in [0.2, 0.25) is 0 Å². The quantitative estimate of drug-likeness (QED) is 0.781. The van der Waals surface area contributed by atoms with Gasteiger partial charge in [0.05, 0.1) is 0 Å². The van der Waals surface area contributed by atoms with Crippen LogP contribution in [0.1, 0.15) is 20.8 Å². The van der Waals surface area contributed by atoms with Gasteiger partial charge in [-0.05, 0) is 20.8 Å². The van der Waals surface area contributed by atoms with Crippen molar-refractivity contribution in [3.05, 3.63) is 0 Å². The van der Waals surface area contributed by atoms with E-state index in [4.69, 9.17) is 4.74 Å². The summed E-state index contributed by atoms with van der Waals surface area (Å²) in [5.74, 6) is -0.831. The fourth-order valence-corrected chi connectivity index (χ4v) is 2.29. The first-order valence-corrected chi connectivity index (χ1v) is 6.74. The zero-order valence-corrected chi connectivity index (χ0v) is 11.2. The first kappa shape index (κ1) is 15.3. The van der Waals surface area contributed by atoms with Crippen molar-refractivity contribution in [3.8, 4) is 0 Å². The smallest absolute Gasteiger partial charge is 0.444 e. The van der Waals surface area contributed by atoms with Crippen molar-refractivity contribution in [2.75, 3.05) is 18.8 Å². The predicted octanol–water partition coefficient (Wildman–Crippen LogP) is 2.12. The summed E-state index contributed by atoms with van der Waals surface area (Å²) < 4.78 is 52.0. The number of halogens is 3. The van der Waals surface area contributed by atoms with E-state index in [1.807, 2.05) is 0 Å². The standard InChI is InChI=1S/C10H16F3NO3S/c1-9(2,3)17-8(15)14-4-7(5-14)6-18(16)10(11,12)13/h7H,4-6H2,1-3H3. The number of amides is 1. The fraction of sp³-hybridized carbons (Fsp3) is 0.900. The highest BCUT2D eigenvalue weighted by Crippen LogP contribution is 2.26. The number of nitrogens with zero attached hydrogens (tertiary/aromatic N) is 1. The van der Waals surface area contributed by atoms with Gasteiger partial charge in [-0.1, -0.05) is 0 Å². The molecule has 0 radical (unpaired) electrons. The van der Waals surface area contributed by atoms with Crippen LogP contribution in [0.3, 0.4) is 0 Å². The molecule has 1 rings (SSSR count). The number of carbonyl (C=O) groups is 1. The molecule has 106 valence electrons. The highest BCUT2D eigenvalue weighted by molar-refractivity contribution is 7.85. The van der Waals surface area contributed by atoms with Gasteiger partial charge in [-0.25, -0.2) is 4.79 Å². The minimum Gasteiger partial charge on any atom is -0.444 e. The third kappa shape index (κ3) is 4.47. The predicted molar refractivity (Wildman–Crippen MR) is 60.4 cm³/mol. The van der Waals surface area contributed by atoms with Crippen molar-refractivity contribution < 1.29 is 26.9 Å². The van der Waals surface area contributed by atoms with Gasteiger partial charge in [0.25, 0.3) is 0 Å². The van der Waals surface area contributed by atoms with E-state index < -0.39 is 33.8 Å². The average molecular weight is 287 g/mol. The van der Waals surface area contributed by atoms with Crippen molar-refractivity contribution in [3.63, 3.8) is 0 Å². The van der Waals surface area contributed by atoms with Gasteiger partial charge in [-0.15, -0.1) is 0 Å². The molecule has 0 aromatic rings. The van der Waals surface area contributed by atoms with Crippen LogP contribution in [0.2, 0.25) is 0 Å². The average Bonchev–Trinajstić information content (AvgIpc) is 2.04. The first-order chi connectivity index (χ1) is 7.99. The molecule has 1 saturated heterocycles. The fourth-order valence-electron chi connectivity index (χ4n) is 1.46. The lowest BCUT2D eigenvalue weighted by atomic mass is 10.0. The molecule has 8 heteroatoms. The van der Waals surface area contributed by atoms with Gasteiger partial charge < -0.3 is 9.64 Å². The van der Waals surface area contributed by atoms with Crippen LogP contribution in [0, 0.1) is 5.92 Å². The maximum absolute atomic E-state index is 12.0. The van der Waals surface area contributed by atoms with E-state index in [-0.39, 0.29) is 19.0 Å². The highest BCUT2D eigenvalue weighted by atomic mass is 32.2. The maximum Gasteiger partial charge on any atom is 0.471 e. The lowest BCUT2D eigenvalue weighted by molar-refractivity contribution is -0.0393. The molecule has 0 bridgehead atoms. The van der Waals surface area contributed by atoms with E-state index in [9.17, 15) is 22.2 Å². The normalized spacial score (nSPS) is 19.3. The number of alkyl halides is 3. The molecule has 1 heterocycles. The minimum atomic E-state index is -4.67. The largest absolute Gasteiger partial charge is 0.471 e. The maximum atomic E-state index is 12.0. The van der Waals surface area contributed by atoms with Crippen LogP contribution >= 0.6 is 0 Å². The lowest BCUT2D eigenvalue weighted by Crippen LogP contribution is -2.53. The van der Waals surface area contributed by atoms with Crippen LogP contribution in [0.25, 0.3) is 0 Å². The number of hydrogen-bond acceptors (Lipinski definition) is 3. The Hall–Kier alpha value is -0.790. The molecule has 4 nitrogen and oxygen atoms in total. The first-order valence-electron chi connectivity index (χ1n) is 5.42. The molecule has 0 N–H and O–H groups in total. The van der Waals surface area contributed by atoms with E-state index in [1.54, 1.807) is 20.8 Å². The second-order valence-electron chi connectivity index (χ2n) is 5.21. The van der Waals surface area contributed by atoms with Crippen LogP contribution in [-0.4, -0.2) is 45.2 Å². The van der Waals surface area contributed by atoms with Crippen LogP contribution in [0.15, 0.2) is 0 Å². The second-order valence-corrected chi connectivity index (χ2v) is 6.70. The zero-order chi connectivity index (χ0) is 14.1. The molecule has 1 fully saturated rings. The van der Waals surface area contributed by atoms with Crippen LogP contribution in [0.4, 0.5) is 18.0 Å². The lowest BCUT2D eigenvalue weighted by Gasteiger charge is -2.39. The molecule has 1 aliphatic heterocycles. The number of likely N-dealkylation sites (tertiary alicyclic amines) is 1. The topological polar surface area (TPSA) is 46.6 Å². The van der Waals surface area contributed by atoms with Crippen molar-refractivity contribution in [2.45, 2.75) is 31.9 Å². The molecule has 0 aromatic carbocycles. The summed E-state index contributed by atoms with van der Waals surface area (Å²) in [4.78, 5) is 12.8. The Morgan fingerprint density at radius 1 is 1.33 bits per heavy atom. The highest BCUT2D eigenvalue weighted by Gasteiger charge is 2.42. The molecule has 0 spiro atoms. The molecule has 1 aliphatic rings. The van der Waals surface area contributed by atoms with Gasteiger partial charge in [-0.2, -0.15) is 13.2 Å². The van der Waals surface area contributed by atoms with Crippen molar-refractivity contribution >= 4 is 16.9 Å². The Bertz CT molecular complexity index is 345. The minimum absolute atomic E-state index is 0.163. The van der Waals surface area contributed by atoms with Crippen LogP contribution < -0.4 is 0 Å². The second kappa shape index (κ2) is 5.07. The molecular weight excluding hydrogens is 271 g/mol. The molecule has 1 unspecified atom stereocenters. The molecule has 0 aliphatic carbocycles. The Balaban J connectivity index is 2.33. The molecule has 0 saturated carbocycles. The summed E-state index contributed by atoms with van der Waals surface area (Å²) in [5.41, 5.74) is -5.30. The summed E-state index contributed by atoms with van der Waals surface area (Å²) in [6, 6.07) is 0. The van der Waals surface area contributed by atoms with E-state index in [1.165, 1.54) is 4.90 Å². The van der Waals surface area contributed by atoms with Crippen molar-refractivity contribution in [1.29, 1.82) is 0 Å². The van der Waals surface area contributed by atoms with E-state index >= 15 is 0 Å². The Morgan fingerprint density at radius 2 is 1.83 bits per heavy atom. The van der Waals surface area contributed by atoms with Crippen molar-refractivity contribution in [2.24, 2.45) is 5.92 Å². The van der Waals surface area contributed by atoms with E-state index in [2.05, 4.69) is 0 Å². The van der Waals surface area contributed by atoms with Crippen LogP contribution in [0.5, 0.6) is 0 Å². The molecule has 18 heavy (non-hydrogen) atoms. The summed E-state index contributed by atoms with van der Waals surface area (Å²) >= 11 is 0. The number of carbonyl (C=O) groups excluding carboxylic acids is 1. The van der Waals surface area contributed by atoms with E-state index in [0.717, 1.165) is 0 Å². The van der Waals surface area contributed by atoms with Gasteiger partial charge in [0, 0.05) is 24.8 Å². The SMILES string of the molecule is CC(C)(C)OC(=O)N1CC(CS(=O)C(F)(F)F)C1. The monoisotopic (exact) mass is 287 g/mol. The van der Waals surface area contributed by atoms with Gasteiger partial charge >= 0.3 is 11.6 Å². The van der Waals surface area contributed by atoms with Crippen LogP contribution in [-0.2, 0) is 15.5 Å². The molecular formula is C10H16F3NO3S. The summed E-state index contributed by atoms with van der Waals surface area (Å²) in [6.07, 6.45) is -0.545. The molecule has 0 aromatic heterocycles. The number of hydrogen-bond donors (Lipinski definition) is 0.